The summed E-state index contributed by atoms with van der Waals surface area (Å²) in [5.41, 5.74) is 0. The van der Waals surface area contributed by atoms with Gasteiger partial charge in [0.1, 0.15) is 5.75 Å². The Labute approximate surface area is 103 Å². The summed E-state index contributed by atoms with van der Waals surface area (Å²) < 4.78 is 6.61. The first-order valence-electron chi connectivity index (χ1n) is 4.83. The van der Waals surface area contributed by atoms with E-state index in [1.807, 2.05) is 31.2 Å². The molecule has 0 aromatic heterocycles. The number of ether oxygens (including phenoxy) is 1. The van der Waals surface area contributed by atoms with Crippen molar-refractivity contribution in [2.45, 2.75) is 20.0 Å². The highest BCUT2D eigenvalue weighted by atomic mass is 127. The number of amides is 1. The highest BCUT2D eigenvalue weighted by molar-refractivity contribution is 14.1. The molecule has 0 bridgehead atoms. The molecule has 3 nitrogen and oxygen atoms in total. The zero-order valence-corrected chi connectivity index (χ0v) is 10.9. The molecule has 4 heteroatoms. The Morgan fingerprint density at radius 3 is 2.60 bits per heavy atom. The van der Waals surface area contributed by atoms with Gasteiger partial charge in [-0.15, -0.1) is 0 Å². The normalized spacial score (nSPS) is 11.9. The molecule has 0 saturated carbocycles. The molecule has 0 unspecified atom stereocenters. The SMILES string of the molecule is CCNC(=O)[C@@H](C)Oc1ccc(I)cc1. The van der Waals surface area contributed by atoms with Crippen LogP contribution in [0.3, 0.4) is 0 Å². The Balaban J connectivity index is 2.54. The number of nitrogens with one attached hydrogen (secondary N) is 1. The van der Waals surface area contributed by atoms with Crippen molar-refractivity contribution in [3.05, 3.63) is 27.8 Å². The second-order valence-electron chi connectivity index (χ2n) is 3.11. The Morgan fingerprint density at radius 2 is 2.07 bits per heavy atom. The van der Waals surface area contributed by atoms with Crippen molar-refractivity contribution in [3.8, 4) is 5.75 Å². The second kappa shape index (κ2) is 5.95. The molecule has 0 saturated heterocycles. The van der Waals surface area contributed by atoms with E-state index in [0.717, 1.165) is 3.57 Å². The first-order chi connectivity index (χ1) is 7.13. The molecular formula is C11H14INO2. The van der Waals surface area contributed by atoms with E-state index in [-0.39, 0.29) is 5.91 Å². The highest BCUT2D eigenvalue weighted by Gasteiger charge is 2.12. The van der Waals surface area contributed by atoms with Gasteiger partial charge in [0, 0.05) is 10.1 Å². The van der Waals surface area contributed by atoms with Crippen molar-refractivity contribution in [3.63, 3.8) is 0 Å². The molecule has 82 valence electrons. The van der Waals surface area contributed by atoms with E-state index in [4.69, 9.17) is 4.74 Å². The average molecular weight is 319 g/mol. The molecule has 1 N–H and O–H groups in total. The fraction of sp³-hybridized carbons (Fsp3) is 0.364. The fourth-order valence-corrected chi connectivity index (χ4v) is 1.45. The smallest absolute Gasteiger partial charge is 0.260 e. The van der Waals surface area contributed by atoms with E-state index < -0.39 is 6.10 Å². The summed E-state index contributed by atoms with van der Waals surface area (Å²) >= 11 is 2.22. The van der Waals surface area contributed by atoms with E-state index in [2.05, 4.69) is 27.9 Å². The molecular weight excluding hydrogens is 305 g/mol. The standard InChI is InChI=1S/C11H14INO2/c1-3-13-11(14)8(2)15-10-6-4-9(12)5-7-10/h4-8H,3H2,1-2H3,(H,13,14)/t8-/m1/s1. The first kappa shape index (κ1) is 12.3. The van der Waals surface area contributed by atoms with Crippen LogP contribution in [-0.4, -0.2) is 18.6 Å². The van der Waals surface area contributed by atoms with Gasteiger partial charge in [0.15, 0.2) is 6.10 Å². The number of halogens is 1. The Morgan fingerprint density at radius 1 is 1.47 bits per heavy atom. The number of rotatable bonds is 4. The number of carbonyl (C=O) groups is 1. The Bertz CT molecular complexity index is 324. The number of benzene rings is 1. The van der Waals surface area contributed by atoms with E-state index in [9.17, 15) is 4.79 Å². The summed E-state index contributed by atoms with van der Waals surface area (Å²) in [6, 6.07) is 7.61. The summed E-state index contributed by atoms with van der Waals surface area (Å²) in [5, 5.41) is 2.71. The largest absolute Gasteiger partial charge is 0.481 e. The Hall–Kier alpha value is -0.780. The van der Waals surface area contributed by atoms with Gasteiger partial charge in [-0.2, -0.15) is 0 Å². The van der Waals surface area contributed by atoms with Crippen molar-refractivity contribution in [1.82, 2.24) is 5.32 Å². The highest BCUT2D eigenvalue weighted by Crippen LogP contribution is 2.14. The summed E-state index contributed by atoms with van der Waals surface area (Å²) in [6.07, 6.45) is -0.454. The zero-order chi connectivity index (χ0) is 11.3. The van der Waals surface area contributed by atoms with Crippen molar-refractivity contribution in [1.29, 1.82) is 0 Å². The lowest BCUT2D eigenvalue weighted by Crippen LogP contribution is -2.36. The van der Waals surface area contributed by atoms with Crippen LogP contribution in [0.2, 0.25) is 0 Å². The summed E-state index contributed by atoms with van der Waals surface area (Å²) in [6.45, 7) is 4.25. The van der Waals surface area contributed by atoms with Crippen molar-refractivity contribution in [2.75, 3.05) is 6.54 Å². The van der Waals surface area contributed by atoms with Crippen LogP contribution >= 0.6 is 22.6 Å². The molecule has 15 heavy (non-hydrogen) atoms. The van der Waals surface area contributed by atoms with Crippen molar-refractivity contribution < 1.29 is 9.53 Å². The maximum absolute atomic E-state index is 11.4. The maximum atomic E-state index is 11.4. The third kappa shape index (κ3) is 4.07. The predicted octanol–water partition coefficient (Wildman–Crippen LogP) is 2.19. The molecule has 0 heterocycles. The summed E-state index contributed by atoms with van der Waals surface area (Å²) in [4.78, 5) is 11.4. The van der Waals surface area contributed by atoms with Crippen LogP contribution in [0.25, 0.3) is 0 Å². The predicted molar refractivity (Wildman–Crippen MR) is 67.9 cm³/mol. The van der Waals surface area contributed by atoms with Crippen molar-refractivity contribution in [2.24, 2.45) is 0 Å². The van der Waals surface area contributed by atoms with Crippen LogP contribution in [0.1, 0.15) is 13.8 Å². The Kier molecular flexibility index (Phi) is 4.87. The number of hydrogen-bond donors (Lipinski definition) is 1. The van der Waals surface area contributed by atoms with Gasteiger partial charge >= 0.3 is 0 Å². The third-order valence-corrected chi connectivity index (χ3v) is 2.57. The summed E-state index contributed by atoms with van der Waals surface area (Å²) in [7, 11) is 0. The molecule has 1 atom stereocenters. The minimum absolute atomic E-state index is 0.0870. The van der Waals surface area contributed by atoms with Gasteiger partial charge in [-0.1, -0.05) is 0 Å². The van der Waals surface area contributed by atoms with Gasteiger partial charge < -0.3 is 10.1 Å². The summed E-state index contributed by atoms with van der Waals surface area (Å²) in [5.74, 6) is 0.630. The molecule has 1 amide bonds. The van der Waals surface area contributed by atoms with Crippen LogP contribution in [0.5, 0.6) is 5.75 Å². The molecule has 0 fully saturated rings. The lowest BCUT2D eigenvalue weighted by Gasteiger charge is -2.13. The molecule has 0 spiro atoms. The van der Waals surface area contributed by atoms with Crippen LogP contribution in [0.4, 0.5) is 0 Å². The van der Waals surface area contributed by atoms with Crippen LogP contribution in [0.15, 0.2) is 24.3 Å². The quantitative estimate of drug-likeness (QED) is 0.864. The zero-order valence-electron chi connectivity index (χ0n) is 8.79. The van der Waals surface area contributed by atoms with Gasteiger partial charge in [-0.05, 0) is 60.7 Å². The van der Waals surface area contributed by atoms with Gasteiger partial charge in [-0.3, -0.25) is 4.79 Å². The molecule has 0 aliphatic rings. The van der Waals surface area contributed by atoms with E-state index in [1.54, 1.807) is 6.92 Å². The molecule has 1 aromatic rings. The monoisotopic (exact) mass is 319 g/mol. The van der Waals surface area contributed by atoms with Crippen LogP contribution in [0, 0.1) is 3.57 Å². The average Bonchev–Trinajstić information content (AvgIpc) is 2.22. The van der Waals surface area contributed by atoms with Gasteiger partial charge in [0.2, 0.25) is 0 Å². The molecule has 0 aliphatic heterocycles. The van der Waals surface area contributed by atoms with Gasteiger partial charge in [0.05, 0.1) is 0 Å². The third-order valence-electron chi connectivity index (χ3n) is 1.85. The fourth-order valence-electron chi connectivity index (χ4n) is 1.09. The van der Waals surface area contributed by atoms with Crippen molar-refractivity contribution >= 4 is 28.5 Å². The number of likely N-dealkylation sites (N-methyl/N-ethyl adjacent to an activating group) is 1. The van der Waals surface area contributed by atoms with E-state index in [0.29, 0.717) is 12.3 Å². The second-order valence-corrected chi connectivity index (χ2v) is 4.35. The van der Waals surface area contributed by atoms with Gasteiger partial charge in [-0.25, -0.2) is 0 Å². The first-order valence-corrected chi connectivity index (χ1v) is 5.91. The van der Waals surface area contributed by atoms with E-state index >= 15 is 0 Å². The topological polar surface area (TPSA) is 38.3 Å². The van der Waals surface area contributed by atoms with Crippen LogP contribution in [-0.2, 0) is 4.79 Å². The molecule has 0 radical (unpaired) electrons. The van der Waals surface area contributed by atoms with Crippen LogP contribution < -0.4 is 10.1 Å². The molecule has 1 rings (SSSR count). The minimum atomic E-state index is -0.454. The maximum Gasteiger partial charge on any atom is 0.260 e. The lowest BCUT2D eigenvalue weighted by atomic mass is 10.3. The molecule has 1 aromatic carbocycles. The van der Waals surface area contributed by atoms with E-state index in [1.165, 1.54) is 0 Å². The number of hydrogen-bond acceptors (Lipinski definition) is 2. The molecule has 0 aliphatic carbocycles. The number of carbonyl (C=O) groups excluding carboxylic acids is 1. The minimum Gasteiger partial charge on any atom is -0.481 e. The lowest BCUT2D eigenvalue weighted by molar-refractivity contribution is -0.127. The van der Waals surface area contributed by atoms with Gasteiger partial charge in [0.25, 0.3) is 5.91 Å².